The van der Waals surface area contributed by atoms with Crippen LogP contribution in [0.25, 0.3) is 26.4 Å². The monoisotopic (exact) mass is 279 g/mol. The summed E-state index contributed by atoms with van der Waals surface area (Å²) in [5, 5.41) is 5.78. The molecule has 0 aliphatic rings. The summed E-state index contributed by atoms with van der Waals surface area (Å²) in [4.78, 5) is 17.5. The van der Waals surface area contributed by atoms with Crippen molar-refractivity contribution in [1.29, 1.82) is 0 Å². The number of hydrogen-bond acceptors (Lipinski definition) is 4. The van der Waals surface area contributed by atoms with Crippen LogP contribution in [-0.2, 0) is 0 Å². The number of hydrogen-bond donors (Lipinski definition) is 0. The van der Waals surface area contributed by atoms with E-state index >= 15 is 0 Å². The number of fused-ring (bicyclic) bond motifs is 2. The van der Waals surface area contributed by atoms with Crippen molar-refractivity contribution in [2.75, 3.05) is 0 Å². The number of benzene rings is 2. The first-order valence-corrected chi connectivity index (χ1v) is 6.98. The van der Waals surface area contributed by atoms with Gasteiger partial charge < -0.3 is 0 Å². The fourth-order valence-corrected chi connectivity index (χ4v) is 3.06. The predicted octanol–water partition coefficient (Wildman–Crippen LogP) is 2.97. The van der Waals surface area contributed by atoms with Crippen LogP contribution >= 0.6 is 11.3 Å². The van der Waals surface area contributed by atoms with Gasteiger partial charge in [0.1, 0.15) is 5.01 Å². The minimum atomic E-state index is -0.121. The van der Waals surface area contributed by atoms with Gasteiger partial charge in [-0.05, 0) is 12.1 Å². The Bertz CT molecular complexity index is 973. The van der Waals surface area contributed by atoms with E-state index in [1.54, 1.807) is 6.07 Å². The van der Waals surface area contributed by atoms with Crippen LogP contribution in [0.1, 0.15) is 0 Å². The summed E-state index contributed by atoms with van der Waals surface area (Å²) < 4.78 is 1.38. The van der Waals surface area contributed by atoms with E-state index in [1.807, 2.05) is 48.5 Å². The Morgan fingerprint density at radius 1 is 0.950 bits per heavy atom. The average molecular weight is 279 g/mol. The first-order valence-electron chi connectivity index (χ1n) is 6.17. The molecule has 4 aromatic rings. The molecule has 2 aromatic heterocycles. The van der Waals surface area contributed by atoms with Crippen LogP contribution in [0, 0.1) is 0 Å². The van der Waals surface area contributed by atoms with E-state index in [9.17, 15) is 4.79 Å². The van der Waals surface area contributed by atoms with E-state index in [4.69, 9.17) is 0 Å². The van der Waals surface area contributed by atoms with Gasteiger partial charge in [0.15, 0.2) is 0 Å². The minimum Gasteiger partial charge on any atom is -0.267 e. The maximum atomic E-state index is 12.4. The second-order valence-electron chi connectivity index (χ2n) is 4.40. The van der Waals surface area contributed by atoms with Gasteiger partial charge in [0.05, 0.1) is 10.9 Å². The quantitative estimate of drug-likeness (QED) is 0.538. The van der Waals surface area contributed by atoms with Crippen LogP contribution in [0.15, 0.2) is 59.4 Å². The summed E-state index contributed by atoms with van der Waals surface area (Å²) in [6.07, 6.45) is 0. The summed E-state index contributed by atoms with van der Waals surface area (Å²) in [7, 11) is 0. The molecule has 20 heavy (non-hydrogen) atoms. The largest absolute Gasteiger partial charge is 0.283 e. The second-order valence-corrected chi connectivity index (χ2v) is 5.36. The van der Waals surface area contributed by atoms with Crippen molar-refractivity contribution in [3.05, 3.63) is 65.0 Å². The molecule has 4 nitrogen and oxygen atoms in total. The molecule has 0 unspecified atom stereocenters. The molecule has 0 amide bonds. The van der Waals surface area contributed by atoms with Crippen molar-refractivity contribution in [3.63, 3.8) is 0 Å². The van der Waals surface area contributed by atoms with E-state index in [1.165, 1.54) is 15.9 Å². The smallest absolute Gasteiger partial charge is 0.267 e. The molecule has 5 heteroatoms. The molecular weight excluding hydrogens is 270 g/mol. The lowest BCUT2D eigenvalue weighted by Gasteiger charge is -1.95. The van der Waals surface area contributed by atoms with Crippen molar-refractivity contribution in [2.24, 2.45) is 0 Å². The van der Waals surface area contributed by atoms with Crippen molar-refractivity contribution >= 4 is 27.2 Å². The molecule has 0 saturated carbocycles. The van der Waals surface area contributed by atoms with E-state index in [0.717, 1.165) is 10.6 Å². The molecule has 0 N–H and O–H groups in total. The molecule has 0 aliphatic carbocycles. The molecule has 96 valence electrons. The fourth-order valence-electron chi connectivity index (χ4n) is 2.15. The summed E-state index contributed by atoms with van der Waals surface area (Å²) in [6.45, 7) is 0. The number of nitrogens with zero attached hydrogens (tertiary/aromatic N) is 3. The zero-order valence-corrected chi connectivity index (χ0v) is 11.2. The minimum absolute atomic E-state index is 0.121. The van der Waals surface area contributed by atoms with Crippen LogP contribution in [-0.4, -0.2) is 14.6 Å². The molecule has 0 atom stereocenters. The van der Waals surface area contributed by atoms with Gasteiger partial charge in [-0.15, -0.1) is 0 Å². The summed E-state index contributed by atoms with van der Waals surface area (Å²) in [5.41, 5.74) is 1.58. The summed E-state index contributed by atoms with van der Waals surface area (Å²) in [5.74, 6) is 0. The molecule has 0 spiro atoms. The SMILES string of the molecule is O=c1c2ccccc2nc2sc(-c3ccccc3)nn12. The lowest BCUT2D eigenvalue weighted by molar-refractivity contribution is 0.920. The normalized spacial score (nSPS) is 11.2. The van der Waals surface area contributed by atoms with Gasteiger partial charge >= 0.3 is 0 Å². The molecule has 4 rings (SSSR count). The molecule has 2 heterocycles. The van der Waals surface area contributed by atoms with Gasteiger partial charge in [-0.1, -0.05) is 53.8 Å². The van der Waals surface area contributed by atoms with Crippen LogP contribution in [0.2, 0.25) is 0 Å². The second kappa shape index (κ2) is 4.25. The molecule has 0 radical (unpaired) electrons. The predicted molar refractivity (Wildman–Crippen MR) is 80.1 cm³/mol. The van der Waals surface area contributed by atoms with Crippen LogP contribution < -0.4 is 5.56 Å². The Balaban J connectivity index is 2.07. The number of para-hydroxylation sites is 1. The molecule has 0 aliphatic heterocycles. The Hall–Kier alpha value is -2.53. The first-order chi connectivity index (χ1) is 9.83. The summed E-state index contributed by atoms with van der Waals surface area (Å²) >= 11 is 1.42. The van der Waals surface area contributed by atoms with E-state index in [-0.39, 0.29) is 5.56 Å². The van der Waals surface area contributed by atoms with E-state index < -0.39 is 0 Å². The highest BCUT2D eigenvalue weighted by molar-refractivity contribution is 7.19. The first kappa shape index (κ1) is 11.3. The van der Waals surface area contributed by atoms with Gasteiger partial charge in [-0.25, -0.2) is 4.98 Å². The molecule has 0 fully saturated rings. The van der Waals surface area contributed by atoms with Crippen molar-refractivity contribution < 1.29 is 0 Å². The van der Waals surface area contributed by atoms with Crippen LogP contribution in [0.3, 0.4) is 0 Å². The zero-order chi connectivity index (χ0) is 13.5. The maximum absolute atomic E-state index is 12.4. The van der Waals surface area contributed by atoms with Crippen molar-refractivity contribution in [2.45, 2.75) is 0 Å². The Labute approximate surface area is 118 Å². The Kier molecular flexibility index (Phi) is 2.40. The third kappa shape index (κ3) is 1.64. The van der Waals surface area contributed by atoms with Gasteiger partial charge in [0, 0.05) is 5.56 Å². The number of aromatic nitrogens is 3. The fraction of sp³-hybridized carbons (Fsp3) is 0. The summed E-state index contributed by atoms with van der Waals surface area (Å²) in [6, 6.07) is 17.1. The third-order valence-corrected chi connectivity index (χ3v) is 4.08. The topological polar surface area (TPSA) is 47.3 Å². The molecular formula is C15H9N3OS. The maximum Gasteiger partial charge on any atom is 0.283 e. The van der Waals surface area contributed by atoms with E-state index in [0.29, 0.717) is 15.9 Å². The lowest BCUT2D eigenvalue weighted by atomic mass is 10.2. The lowest BCUT2D eigenvalue weighted by Crippen LogP contribution is -2.14. The van der Waals surface area contributed by atoms with Crippen LogP contribution in [0.5, 0.6) is 0 Å². The number of rotatable bonds is 1. The highest BCUT2D eigenvalue weighted by Gasteiger charge is 2.11. The van der Waals surface area contributed by atoms with Crippen molar-refractivity contribution in [1.82, 2.24) is 14.6 Å². The molecule has 2 aromatic carbocycles. The zero-order valence-electron chi connectivity index (χ0n) is 10.4. The van der Waals surface area contributed by atoms with E-state index in [2.05, 4.69) is 10.1 Å². The highest BCUT2D eigenvalue weighted by atomic mass is 32.1. The molecule has 0 bridgehead atoms. The van der Waals surface area contributed by atoms with Gasteiger partial charge in [-0.3, -0.25) is 4.79 Å². The Morgan fingerprint density at radius 3 is 2.55 bits per heavy atom. The van der Waals surface area contributed by atoms with Crippen LogP contribution in [0.4, 0.5) is 0 Å². The standard InChI is InChI=1S/C15H9N3OS/c19-14-11-8-4-5-9-12(11)16-15-18(14)17-13(20-15)10-6-2-1-3-7-10/h1-9H. The van der Waals surface area contributed by atoms with Crippen molar-refractivity contribution in [3.8, 4) is 10.6 Å². The van der Waals surface area contributed by atoms with Gasteiger partial charge in [0.25, 0.3) is 5.56 Å². The Morgan fingerprint density at radius 2 is 1.70 bits per heavy atom. The van der Waals surface area contributed by atoms with Gasteiger partial charge in [-0.2, -0.15) is 9.61 Å². The average Bonchev–Trinajstić information content (AvgIpc) is 2.93. The molecule has 0 saturated heterocycles. The highest BCUT2D eigenvalue weighted by Crippen LogP contribution is 2.24. The van der Waals surface area contributed by atoms with Gasteiger partial charge in [0.2, 0.25) is 4.96 Å². The third-order valence-electron chi connectivity index (χ3n) is 3.12.